The van der Waals surface area contributed by atoms with E-state index in [2.05, 4.69) is 28.0 Å². The molecular formula is C22H28N4O2S. The van der Waals surface area contributed by atoms with Gasteiger partial charge in [-0.3, -0.25) is 4.79 Å². The number of thiol groups is 1. The van der Waals surface area contributed by atoms with Gasteiger partial charge in [-0.05, 0) is 32.4 Å². The molecule has 3 rings (SSSR count). The van der Waals surface area contributed by atoms with E-state index in [1.54, 1.807) is 7.11 Å². The minimum atomic E-state index is -0.243. The van der Waals surface area contributed by atoms with Crippen molar-refractivity contribution in [3.05, 3.63) is 58.1 Å². The largest absolute Gasteiger partial charge is 0.500 e. The number of allylic oxidation sites excluding steroid dienone is 3. The van der Waals surface area contributed by atoms with Gasteiger partial charge in [0, 0.05) is 10.8 Å². The van der Waals surface area contributed by atoms with E-state index in [-0.39, 0.29) is 5.56 Å². The summed E-state index contributed by atoms with van der Waals surface area (Å²) in [5.74, 6) is 1.37. The first-order chi connectivity index (χ1) is 14.0. The molecule has 0 unspecified atom stereocenters. The molecule has 2 heterocycles. The third-order valence-corrected chi connectivity index (χ3v) is 4.83. The first kappa shape index (κ1) is 22.5. The van der Waals surface area contributed by atoms with Crippen LogP contribution in [0.3, 0.4) is 0 Å². The molecule has 1 aromatic carbocycles. The Morgan fingerprint density at radius 1 is 1.21 bits per heavy atom. The van der Waals surface area contributed by atoms with Gasteiger partial charge >= 0.3 is 0 Å². The molecule has 0 aliphatic carbocycles. The minimum absolute atomic E-state index is 0.243. The van der Waals surface area contributed by atoms with Crippen LogP contribution in [0.25, 0.3) is 22.0 Å². The maximum absolute atomic E-state index is 13.1. The van der Waals surface area contributed by atoms with Gasteiger partial charge in [0.1, 0.15) is 10.8 Å². The SMILES string of the molecule is C/C=C(/CNc1nn2c(=O)c(/C(C)=C/C)c(S)nc2c2ccccc12)OC.CC. The second-order valence-electron chi connectivity index (χ2n) is 6.03. The van der Waals surface area contributed by atoms with Gasteiger partial charge in [-0.2, -0.15) is 4.52 Å². The molecule has 3 aromatic rings. The van der Waals surface area contributed by atoms with Gasteiger partial charge in [0.2, 0.25) is 0 Å². The normalized spacial score (nSPS) is 12.0. The third kappa shape index (κ3) is 4.45. The fraction of sp³-hybridized carbons (Fsp3) is 0.318. The van der Waals surface area contributed by atoms with Crippen LogP contribution in [-0.2, 0) is 4.74 Å². The fourth-order valence-corrected chi connectivity index (χ4v) is 3.26. The molecule has 0 spiro atoms. The predicted molar refractivity (Wildman–Crippen MR) is 124 cm³/mol. The Labute approximate surface area is 176 Å². The van der Waals surface area contributed by atoms with Crippen LogP contribution in [0.15, 0.2) is 52.0 Å². The second kappa shape index (κ2) is 10.1. The molecule has 7 heteroatoms. The van der Waals surface area contributed by atoms with Crippen molar-refractivity contribution in [1.82, 2.24) is 14.6 Å². The zero-order valence-corrected chi connectivity index (χ0v) is 18.7. The van der Waals surface area contributed by atoms with Gasteiger partial charge in [-0.1, -0.05) is 44.2 Å². The van der Waals surface area contributed by atoms with Crippen LogP contribution in [-0.4, -0.2) is 28.3 Å². The quantitative estimate of drug-likeness (QED) is 0.269. The van der Waals surface area contributed by atoms with Crippen molar-refractivity contribution in [1.29, 1.82) is 0 Å². The lowest BCUT2D eigenvalue weighted by Crippen LogP contribution is -2.23. The highest BCUT2D eigenvalue weighted by Gasteiger charge is 2.16. The first-order valence-corrected chi connectivity index (χ1v) is 10.1. The highest BCUT2D eigenvalue weighted by Crippen LogP contribution is 2.26. The van der Waals surface area contributed by atoms with E-state index in [1.165, 1.54) is 4.52 Å². The zero-order valence-electron chi connectivity index (χ0n) is 17.8. The van der Waals surface area contributed by atoms with E-state index >= 15 is 0 Å². The maximum Gasteiger partial charge on any atom is 0.283 e. The highest BCUT2D eigenvalue weighted by molar-refractivity contribution is 7.80. The fourth-order valence-electron chi connectivity index (χ4n) is 2.89. The first-order valence-electron chi connectivity index (χ1n) is 9.62. The number of benzene rings is 1. The van der Waals surface area contributed by atoms with Crippen molar-refractivity contribution in [3.63, 3.8) is 0 Å². The van der Waals surface area contributed by atoms with E-state index in [1.807, 2.05) is 71.0 Å². The number of anilines is 1. The summed E-state index contributed by atoms with van der Waals surface area (Å²) in [6.45, 7) is 10.1. The molecule has 29 heavy (non-hydrogen) atoms. The molecule has 0 aliphatic heterocycles. The molecule has 2 aromatic heterocycles. The third-order valence-electron chi connectivity index (χ3n) is 4.51. The molecule has 154 valence electrons. The van der Waals surface area contributed by atoms with E-state index < -0.39 is 0 Å². The Kier molecular flexibility index (Phi) is 7.84. The van der Waals surface area contributed by atoms with Crippen LogP contribution in [0, 0.1) is 0 Å². The van der Waals surface area contributed by atoms with Crippen molar-refractivity contribution in [2.75, 3.05) is 19.0 Å². The van der Waals surface area contributed by atoms with Gasteiger partial charge in [0.05, 0.1) is 19.2 Å². The van der Waals surface area contributed by atoms with E-state index in [0.29, 0.717) is 28.6 Å². The Bertz CT molecular complexity index is 1130. The summed E-state index contributed by atoms with van der Waals surface area (Å²) in [7, 11) is 1.62. The lowest BCUT2D eigenvalue weighted by Gasteiger charge is -2.14. The summed E-state index contributed by atoms with van der Waals surface area (Å²) in [5.41, 5.74) is 1.51. The van der Waals surface area contributed by atoms with E-state index in [0.717, 1.165) is 22.1 Å². The maximum atomic E-state index is 13.1. The average molecular weight is 413 g/mol. The molecule has 0 atom stereocenters. The van der Waals surface area contributed by atoms with Crippen LogP contribution in [0.4, 0.5) is 5.82 Å². The number of aromatic nitrogens is 3. The highest BCUT2D eigenvalue weighted by atomic mass is 32.1. The number of nitrogens with one attached hydrogen (secondary N) is 1. The smallest absolute Gasteiger partial charge is 0.283 e. The van der Waals surface area contributed by atoms with Gasteiger partial charge in [-0.15, -0.1) is 17.7 Å². The van der Waals surface area contributed by atoms with E-state index in [4.69, 9.17) is 4.74 Å². The molecule has 1 N–H and O–H groups in total. The van der Waals surface area contributed by atoms with Crippen LogP contribution in [0.1, 0.15) is 40.2 Å². The number of fused-ring (bicyclic) bond motifs is 3. The van der Waals surface area contributed by atoms with Crippen LogP contribution in [0.5, 0.6) is 0 Å². The number of ether oxygens (including phenoxy) is 1. The Balaban J connectivity index is 0.00000145. The summed E-state index contributed by atoms with van der Waals surface area (Å²) >= 11 is 4.45. The van der Waals surface area contributed by atoms with Gasteiger partial charge in [-0.25, -0.2) is 4.98 Å². The molecule has 0 amide bonds. The van der Waals surface area contributed by atoms with Gasteiger partial charge < -0.3 is 10.1 Å². The lowest BCUT2D eigenvalue weighted by atomic mass is 10.1. The number of nitrogens with zero attached hydrogens (tertiary/aromatic N) is 3. The topological polar surface area (TPSA) is 68.5 Å². The predicted octanol–water partition coefficient (Wildman–Crippen LogP) is 4.94. The number of hydrogen-bond acceptors (Lipinski definition) is 6. The summed E-state index contributed by atoms with van der Waals surface area (Å²) in [5, 5.41) is 9.91. The number of methoxy groups -OCH3 is 1. The molecule has 0 radical (unpaired) electrons. The van der Waals surface area contributed by atoms with Crippen molar-refractivity contribution in [2.45, 2.75) is 39.6 Å². The summed E-state index contributed by atoms with van der Waals surface area (Å²) in [6, 6.07) is 7.71. The molecule has 0 aliphatic rings. The second-order valence-corrected chi connectivity index (χ2v) is 6.45. The molecule has 0 saturated carbocycles. The van der Waals surface area contributed by atoms with E-state index in [9.17, 15) is 4.79 Å². The van der Waals surface area contributed by atoms with Crippen LogP contribution in [0.2, 0.25) is 0 Å². The molecule has 6 nitrogen and oxygen atoms in total. The molecule has 0 fully saturated rings. The van der Waals surface area contributed by atoms with Gasteiger partial charge in [0.15, 0.2) is 11.5 Å². The minimum Gasteiger partial charge on any atom is -0.500 e. The lowest BCUT2D eigenvalue weighted by molar-refractivity contribution is 0.289. The zero-order chi connectivity index (χ0) is 21.6. The summed E-state index contributed by atoms with van der Waals surface area (Å²) in [4.78, 5) is 17.7. The van der Waals surface area contributed by atoms with Crippen LogP contribution >= 0.6 is 12.6 Å². The molecule has 0 saturated heterocycles. The van der Waals surface area contributed by atoms with Crippen molar-refractivity contribution in [2.24, 2.45) is 0 Å². The summed E-state index contributed by atoms with van der Waals surface area (Å²) < 4.78 is 6.64. The molecular weight excluding hydrogens is 384 g/mol. The van der Waals surface area contributed by atoms with Crippen molar-refractivity contribution >= 4 is 40.4 Å². The van der Waals surface area contributed by atoms with Gasteiger partial charge in [0.25, 0.3) is 5.56 Å². The Hall–Kier alpha value is -2.80. The van der Waals surface area contributed by atoms with Crippen molar-refractivity contribution < 1.29 is 4.74 Å². The van der Waals surface area contributed by atoms with Crippen molar-refractivity contribution in [3.8, 4) is 0 Å². The Morgan fingerprint density at radius 3 is 2.45 bits per heavy atom. The Morgan fingerprint density at radius 2 is 1.86 bits per heavy atom. The average Bonchev–Trinajstić information content (AvgIpc) is 2.76. The standard InChI is InChI=1S/C20H22N4O2S.C2H6/c1-5-12(3)16-19(27)22-18-15-10-8-7-9-14(15)17(23-24(18)20(16)25)21-11-13(6-2)26-4;1-2/h5-10,27H,11H2,1-4H3,(H,21,23);1-2H3/b12-5+,13-6-;. The van der Waals surface area contributed by atoms with Crippen LogP contribution < -0.4 is 10.9 Å². The number of hydrogen-bond donors (Lipinski definition) is 2. The number of rotatable bonds is 5. The molecule has 0 bridgehead atoms. The summed E-state index contributed by atoms with van der Waals surface area (Å²) in [6.07, 6.45) is 3.74. The monoisotopic (exact) mass is 412 g/mol.